The average Bonchev–Trinajstić information content (AvgIpc) is 2.43. The van der Waals surface area contributed by atoms with Crippen LogP contribution < -0.4 is 10.6 Å². The van der Waals surface area contributed by atoms with Crippen LogP contribution in [0, 0.1) is 0 Å². The second-order valence-corrected chi connectivity index (χ2v) is 6.47. The van der Waals surface area contributed by atoms with Crippen LogP contribution in [0.15, 0.2) is 6.20 Å². The van der Waals surface area contributed by atoms with Gasteiger partial charge in [-0.05, 0) is 6.92 Å². The smallest absolute Gasteiger partial charge is 0.174 e. The van der Waals surface area contributed by atoms with E-state index in [0.717, 1.165) is 0 Å². The third-order valence-corrected chi connectivity index (χ3v) is 4.57. The van der Waals surface area contributed by atoms with Crippen LogP contribution in [-0.2, 0) is 16.9 Å². The molecule has 0 aromatic carbocycles. The van der Waals surface area contributed by atoms with Gasteiger partial charge in [-0.1, -0.05) is 0 Å². The molecule has 6 nitrogen and oxygen atoms in total. The molecule has 16 heavy (non-hydrogen) atoms. The van der Waals surface area contributed by atoms with E-state index in [9.17, 15) is 8.42 Å². The lowest BCUT2D eigenvalue weighted by atomic mass is 10.3. The molecule has 2 rings (SSSR count). The van der Waals surface area contributed by atoms with Gasteiger partial charge in [-0.15, -0.1) is 0 Å². The van der Waals surface area contributed by atoms with Gasteiger partial charge in [0.05, 0.1) is 17.2 Å². The zero-order valence-electron chi connectivity index (χ0n) is 9.42. The van der Waals surface area contributed by atoms with E-state index in [1.54, 1.807) is 17.9 Å². The molecule has 1 aromatic rings. The molecule has 2 heterocycles. The summed E-state index contributed by atoms with van der Waals surface area (Å²) in [6, 6.07) is -0.0732. The van der Waals surface area contributed by atoms with Gasteiger partial charge in [-0.25, -0.2) is 8.42 Å². The Kier molecular flexibility index (Phi) is 2.57. The number of nitrogens with two attached hydrogens (primary N) is 1. The number of aromatic nitrogens is 2. The van der Waals surface area contributed by atoms with Gasteiger partial charge in [0.2, 0.25) is 0 Å². The molecule has 0 bridgehead atoms. The predicted molar refractivity (Wildman–Crippen MR) is 63.1 cm³/mol. The van der Waals surface area contributed by atoms with Gasteiger partial charge in [0, 0.05) is 25.8 Å². The normalized spacial score (nSPS) is 24.6. The summed E-state index contributed by atoms with van der Waals surface area (Å²) in [5, 5.41) is 4.25. The van der Waals surface area contributed by atoms with Crippen molar-refractivity contribution < 1.29 is 8.42 Å². The van der Waals surface area contributed by atoms with Crippen LogP contribution in [0.4, 0.5) is 11.5 Å². The summed E-state index contributed by atoms with van der Waals surface area (Å²) in [5.41, 5.74) is 6.42. The number of rotatable bonds is 1. The predicted octanol–water partition coefficient (Wildman–Crippen LogP) is -0.374. The SMILES string of the molecule is CC1CS(=O)(=O)CCN1c1nn(C)cc1N. The lowest BCUT2D eigenvalue weighted by molar-refractivity contribution is 0.565. The molecule has 1 atom stereocenters. The molecule has 1 aliphatic heterocycles. The molecule has 0 spiro atoms. The minimum Gasteiger partial charge on any atom is -0.394 e. The van der Waals surface area contributed by atoms with Crippen molar-refractivity contribution in [2.75, 3.05) is 28.7 Å². The molecule has 0 saturated carbocycles. The summed E-state index contributed by atoms with van der Waals surface area (Å²) < 4.78 is 24.5. The van der Waals surface area contributed by atoms with Crippen LogP contribution in [0.3, 0.4) is 0 Å². The standard InChI is InChI=1S/C9H16N4O2S/c1-7-6-16(14,15)4-3-13(7)9-8(10)5-12(2)11-9/h5,7H,3-4,6,10H2,1-2H3. The molecule has 1 aromatic heterocycles. The summed E-state index contributed by atoms with van der Waals surface area (Å²) >= 11 is 0. The summed E-state index contributed by atoms with van der Waals surface area (Å²) in [6.45, 7) is 2.34. The highest BCUT2D eigenvalue weighted by Gasteiger charge is 2.30. The van der Waals surface area contributed by atoms with Crippen molar-refractivity contribution in [3.8, 4) is 0 Å². The lowest BCUT2D eigenvalue weighted by Gasteiger charge is -2.33. The van der Waals surface area contributed by atoms with Crippen molar-refractivity contribution in [1.82, 2.24) is 9.78 Å². The van der Waals surface area contributed by atoms with E-state index in [4.69, 9.17) is 5.73 Å². The third-order valence-electron chi connectivity index (χ3n) is 2.78. The van der Waals surface area contributed by atoms with Crippen molar-refractivity contribution in [1.29, 1.82) is 0 Å². The van der Waals surface area contributed by atoms with Gasteiger partial charge < -0.3 is 10.6 Å². The van der Waals surface area contributed by atoms with Gasteiger partial charge in [0.15, 0.2) is 15.7 Å². The van der Waals surface area contributed by atoms with Crippen LogP contribution in [0.1, 0.15) is 6.92 Å². The highest BCUT2D eigenvalue weighted by atomic mass is 32.2. The molecule has 90 valence electrons. The quantitative estimate of drug-likeness (QED) is 0.728. The van der Waals surface area contributed by atoms with E-state index in [1.165, 1.54) is 0 Å². The fourth-order valence-corrected chi connectivity index (χ4v) is 3.59. The molecule has 1 aliphatic rings. The Hall–Kier alpha value is -1.24. The third kappa shape index (κ3) is 1.99. The largest absolute Gasteiger partial charge is 0.394 e. The van der Waals surface area contributed by atoms with Crippen molar-refractivity contribution in [2.24, 2.45) is 7.05 Å². The molecule has 1 fully saturated rings. The van der Waals surface area contributed by atoms with Crippen molar-refractivity contribution in [3.05, 3.63) is 6.20 Å². The molecular formula is C9H16N4O2S. The fourth-order valence-electron chi connectivity index (χ4n) is 2.03. The van der Waals surface area contributed by atoms with E-state index in [2.05, 4.69) is 5.10 Å². The second kappa shape index (κ2) is 3.65. The Labute approximate surface area is 94.9 Å². The summed E-state index contributed by atoms with van der Waals surface area (Å²) in [7, 11) is -1.10. The number of hydrogen-bond acceptors (Lipinski definition) is 5. The summed E-state index contributed by atoms with van der Waals surface area (Å²) in [4.78, 5) is 1.95. The zero-order valence-corrected chi connectivity index (χ0v) is 10.2. The Bertz CT molecular complexity index is 494. The molecule has 0 aliphatic carbocycles. The molecule has 1 saturated heterocycles. The van der Waals surface area contributed by atoms with E-state index < -0.39 is 9.84 Å². The number of nitrogen functional groups attached to an aromatic ring is 1. The van der Waals surface area contributed by atoms with E-state index in [-0.39, 0.29) is 17.5 Å². The van der Waals surface area contributed by atoms with Crippen LogP contribution in [0.2, 0.25) is 0 Å². The van der Waals surface area contributed by atoms with Gasteiger partial charge in [0.1, 0.15) is 0 Å². The highest BCUT2D eigenvalue weighted by Crippen LogP contribution is 2.25. The molecule has 7 heteroatoms. The van der Waals surface area contributed by atoms with E-state index >= 15 is 0 Å². The molecular weight excluding hydrogens is 228 g/mol. The number of nitrogens with zero attached hydrogens (tertiary/aromatic N) is 3. The van der Waals surface area contributed by atoms with Crippen molar-refractivity contribution in [3.63, 3.8) is 0 Å². The van der Waals surface area contributed by atoms with Gasteiger partial charge in [-0.2, -0.15) is 5.10 Å². The number of hydrogen-bond donors (Lipinski definition) is 1. The van der Waals surface area contributed by atoms with Crippen LogP contribution >= 0.6 is 0 Å². The fraction of sp³-hybridized carbons (Fsp3) is 0.667. The first kappa shape index (κ1) is 11.3. The van der Waals surface area contributed by atoms with E-state index in [0.29, 0.717) is 18.1 Å². The van der Waals surface area contributed by atoms with Crippen molar-refractivity contribution >= 4 is 21.3 Å². The van der Waals surface area contributed by atoms with Gasteiger partial charge >= 0.3 is 0 Å². The molecule has 0 radical (unpaired) electrons. The van der Waals surface area contributed by atoms with Crippen LogP contribution in [0.25, 0.3) is 0 Å². The Morgan fingerprint density at radius 3 is 2.75 bits per heavy atom. The molecule has 0 amide bonds. The highest BCUT2D eigenvalue weighted by molar-refractivity contribution is 7.91. The molecule has 2 N–H and O–H groups in total. The Morgan fingerprint density at radius 1 is 1.56 bits per heavy atom. The Morgan fingerprint density at radius 2 is 2.25 bits per heavy atom. The monoisotopic (exact) mass is 244 g/mol. The minimum absolute atomic E-state index is 0.0732. The topological polar surface area (TPSA) is 81.2 Å². The Balaban J connectivity index is 2.27. The zero-order chi connectivity index (χ0) is 11.9. The van der Waals surface area contributed by atoms with Gasteiger partial charge in [0.25, 0.3) is 0 Å². The summed E-state index contributed by atoms with van der Waals surface area (Å²) in [6.07, 6.45) is 1.73. The maximum atomic E-state index is 11.4. The van der Waals surface area contributed by atoms with Crippen molar-refractivity contribution in [2.45, 2.75) is 13.0 Å². The second-order valence-electron chi connectivity index (χ2n) is 4.24. The first-order valence-electron chi connectivity index (χ1n) is 5.15. The minimum atomic E-state index is -2.90. The number of sulfone groups is 1. The van der Waals surface area contributed by atoms with Gasteiger partial charge in [-0.3, -0.25) is 4.68 Å². The average molecular weight is 244 g/mol. The lowest BCUT2D eigenvalue weighted by Crippen LogP contribution is -2.47. The number of anilines is 2. The summed E-state index contributed by atoms with van der Waals surface area (Å²) in [5.74, 6) is 1.03. The maximum Gasteiger partial charge on any atom is 0.174 e. The van der Waals surface area contributed by atoms with Crippen LogP contribution in [-0.4, -0.2) is 42.3 Å². The molecule has 1 unspecified atom stereocenters. The first-order valence-corrected chi connectivity index (χ1v) is 6.97. The first-order chi connectivity index (χ1) is 7.39. The van der Waals surface area contributed by atoms with Crippen LogP contribution in [0.5, 0.6) is 0 Å². The number of aryl methyl sites for hydroxylation is 1. The maximum absolute atomic E-state index is 11.4. The van der Waals surface area contributed by atoms with E-state index in [1.807, 2.05) is 11.8 Å².